The van der Waals surface area contributed by atoms with Crippen molar-refractivity contribution in [2.45, 2.75) is 38.6 Å². The zero-order valence-electron chi connectivity index (χ0n) is 12.0. The van der Waals surface area contributed by atoms with Gasteiger partial charge in [-0.2, -0.15) is 0 Å². The molecule has 0 aromatic heterocycles. The van der Waals surface area contributed by atoms with E-state index in [1.165, 1.54) is 38.8 Å². The van der Waals surface area contributed by atoms with Gasteiger partial charge in [-0.25, -0.2) is 0 Å². The molecule has 1 aliphatic carbocycles. The molecule has 0 amide bonds. The van der Waals surface area contributed by atoms with E-state index in [4.69, 9.17) is 0 Å². The number of benzene rings is 2. The van der Waals surface area contributed by atoms with Crippen molar-refractivity contribution in [3.05, 3.63) is 62.7 Å². The number of hydrogen-bond donors (Lipinski definition) is 1. The molecule has 1 fully saturated rings. The largest absolute Gasteiger partial charge is 0.382 e. The Hall–Kier alpha value is -1.03. The summed E-state index contributed by atoms with van der Waals surface area (Å²) in [4.78, 5) is 0. The van der Waals surface area contributed by atoms with Gasteiger partial charge in [0.25, 0.3) is 0 Å². The molecule has 20 heavy (non-hydrogen) atoms. The van der Waals surface area contributed by atoms with Gasteiger partial charge in [0.15, 0.2) is 0 Å². The first kappa shape index (κ1) is 13.9. The molecule has 0 unspecified atom stereocenters. The van der Waals surface area contributed by atoms with Crippen molar-refractivity contribution in [3.8, 4) is 0 Å². The summed E-state index contributed by atoms with van der Waals surface area (Å²) in [6.07, 6.45) is 2.49. The summed E-state index contributed by atoms with van der Waals surface area (Å²) in [5.41, 5.74) is 5.60. The van der Waals surface area contributed by atoms with Gasteiger partial charge in [0.05, 0.1) is 0 Å². The molecule has 3 rings (SSSR count). The van der Waals surface area contributed by atoms with Crippen LogP contribution in [0, 0.1) is 17.4 Å². The van der Waals surface area contributed by atoms with Crippen LogP contribution >= 0.6 is 22.6 Å². The van der Waals surface area contributed by atoms with Gasteiger partial charge >= 0.3 is 0 Å². The molecule has 0 radical (unpaired) electrons. The number of hydrogen-bond acceptors (Lipinski definition) is 1. The highest BCUT2D eigenvalue weighted by Gasteiger charge is 2.31. The van der Waals surface area contributed by atoms with E-state index in [0.29, 0.717) is 6.04 Å². The molecule has 2 heteroatoms. The van der Waals surface area contributed by atoms with Crippen LogP contribution in [0.1, 0.15) is 35.4 Å². The number of nitrogens with one attached hydrogen (secondary N) is 1. The second kappa shape index (κ2) is 5.76. The number of aryl methyl sites for hydroxylation is 2. The fraction of sp³-hybridized carbons (Fsp3) is 0.333. The van der Waals surface area contributed by atoms with Gasteiger partial charge in [0.1, 0.15) is 0 Å². The highest BCUT2D eigenvalue weighted by atomic mass is 127. The third-order valence-electron chi connectivity index (χ3n) is 4.31. The predicted molar refractivity (Wildman–Crippen MR) is 94.5 cm³/mol. The van der Waals surface area contributed by atoms with E-state index in [2.05, 4.69) is 84.2 Å². The van der Waals surface area contributed by atoms with Crippen LogP contribution in [-0.2, 0) is 0 Å². The second-order valence-corrected chi connectivity index (χ2v) is 7.07. The van der Waals surface area contributed by atoms with Gasteiger partial charge in [0.2, 0.25) is 0 Å². The average molecular weight is 377 g/mol. The first-order chi connectivity index (χ1) is 9.63. The van der Waals surface area contributed by atoms with Gasteiger partial charge in [-0.15, -0.1) is 0 Å². The standard InChI is InChI=1S/C18H20IN/c1-12-5-3-4-6-17(12)14-10-16(11-14)20-18-8-7-15(19)9-13(18)2/h3-9,14,16,20H,10-11H2,1-2H3. The van der Waals surface area contributed by atoms with Crippen LogP contribution in [-0.4, -0.2) is 6.04 Å². The normalized spacial score (nSPS) is 21.4. The van der Waals surface area contributed by atoms with E-state index in [1.54, 1.807) is 0 Å². The van der Waals surface area contributed by atoms with Crippen molar-refractivity contribution in [2.75, 3.05) is 5.32 Å². The van der Waals surface area contributed by atoms with Crippen LogP contribution in [0.4, 0.5) is 5.69 Å². The Morgan fingerprint density at radius 3 is 2.45 bits per heavy atom. The van der Waals surface area contributed by atoms with E-state index >= 15 is 0 Å². The van der Waals surface area contributed by atoms with Crippen molar-refractivity contribution >= 4 is 28.3 Å². The quantitative estimate of drug-likeness (QED) is 0.719. The van der Waals surface area contributed by atoms with Crippen molar-refractivity contribution in [3.63, 3.8) is 0 Å². The molecule has 2 aromatic carbocycles. The lowest BCUT2D eigenvalue weighted by atomic mass is 9.74. The molecule has 0 spiro atoms. The Kier molecular flexibility index (Phi) is 4.01. The molecule has 0 aliphatic heterocycles. The lowest BCUT2D eigenvalue weighted by molar-refractivity contribution is 0.373. The summed E-state index contributed by atoms with van der Waals surface area (Å²) < 4.78 is 1.30. The average Bonchev–Trinajstić information content (AvgIpc) is 2.37. The van der Waals surface area contributed by atoms with Gasteiger partial charge in [-0.1, -0.05) is 24.3 Å². The summed E-state index contributed by atoms with van der Waals surface area (Å²) in [5, 5.41) is 3.69. The Morgan fingerprint density at radius 1 is 1.00 bits per heavy atom. The minimum atomic E-state index is 0.623. The van der Waals surface area contributed by atoms with Crippen LogP contribution in [0.15, 0.2) is 42.5 Å². The van der Waals surface area contributed by atoms with E-state index in [9.17, 15) is 0 Å². The first-order valence-electron chi connectivity index (χ1n) is 7.21. The van der Waals surface area contributed by atoms with Gasteiger partial charge in [-0.3, -0.25) is 0 Å². The third-order valence-corrected chi connectivity index (χ3v) is 4.99. The van der Waals surface area contributed by atoms with Crippen LogP contribution in [0.3, 0.4) is 0 Å². The van der Waals surface area contributed by atoms with Gasteiger partial charge in [0, 0.05) is 15.3 Å². The summed E-state index contributed by atoms with van der Waals surface area (Å²) in [7, 11) is 0. The highest BCUT2D eigenvalue weighted by molar-refractivity contribution is 14.1. The monoisotopic (exact) mass is 377 g/mol. The molecule has 1 saturated carbocycles. The zero-order valence-corrected chi connectivity index (χ0v) is 14.1. The summed E-state index contributed by atoms with van der Waals surface area (Å²) in [6.45, 7) is 4.40. The number of halogens is 1. The molecule has 0 bridgehead atoms. The van der Waals surface area contributed by atoms with E-state index in [0.717, 1.165) is 5.92 Å². The molecule has 0 saturated heterocycles. The van der Waals surface area contributed by atoms with Crippen LogP contribution in [0.5, 0.6) is 0 Å². The Morgan fingerprint density at radius 2 is 1.75 bits per heavy atom. The molecule has 2 aromatic rings. The van der Waals surface area contributed by atoms with Gasteiger partial charge < -0.3 is 5.32 Å². The summed E-state index contributed by atoms with van der Waals surface area (Å²) >= 11 is 2.37. The smallest absolute Gasteiger partial charge is 0.0372 e. The molecule has 1 N–H and O–H groups in total. The van der Waals surface area contributed by atoms with Crippen LogP contribution < -0.4 is 5.32 Å². The number of rotatable bonds is 3. The van der Waals surface area contributed by atoms with Crippen molar-refractivity contribution < 1.29 is 0 Å². The predicted octanol–water partition coefficient (Wildman–Crippen LogP) is 5.27. The molecule has 1 aliphatic rings. The summed E-state index contributed by atoms with van der Waals surface area (Å²) in [5.74, 6) is 0.734. The molecule has 1 nitrogen and oxygen atoms in total. The van der Waals surface area contributed by atoms with E-state index < -0.39 is 0 Å². The van der Waals surface area contributed by atoms with Crippen molar-refractivity contribution in [1.29, 1.82) is 0 Å². The lowest BCUT2D eigenvalue weighted by Gasteiger charge is -2.38. The minimum absolute atomic E-state index is 0.623. The molecule has 0 atom stereocenters. The topological polar surface area (TPSA) is 12.0 Å². The van der Waals surface area contributed by atoms with Crippen molar-refractivity contribution in [1.82, 2.24) is 0 Å². The fourth-order valence-electron chi connectivity index (χ4n) is 3.04. The summed E-state index contributed by atoms with van der Waals surface area (Å²) in [6, 6.07) is 16.0. The van der Waals surface area contributed by atoms with E-state index in [1.807, 2.05) is 0 Å². The molecule has 0 heterocycles. The lowest BCUT2D eigenvalue weighted by Crippen LogP contribution is -2.34. The Labute approximate surface area is 134 Å². The maximum atomic E-state index is 3.69. The first-order valence-corrected chi connectivity index (χ1v) is 8.29. The van der Waals surface area contributed by atoms with Crippen molar-refractivity contribution in [2.24, 2.45) is 0 Å². The highest BCUT2D eigenvalue weighted by Crippen LogP contribution is 2.40. The van der Waals surface area contributed by atoms with E-state index in [-0.39, 0.29) is 0 Å². The minimum Gasteiger partial charge on any atom is -0.382 e. The maximum Gasteiger partial charge on any atom is 0.0372 e. The fourth-order valence-corrected chi connectivity index (χ4v) is 3.69. The molecule has 104 valence electrons. The van der Waals surface area contributed by atoms with Crippen LogP contribution in [0.25, 0.3) is 0 Å². The van der Waals surface area contributed by atoms with Crippen LogP contribution in [0.2, 0.25) is 0 Å². The second-order valence-electron chi connectivity index (χ2n) is 5.83. The van der Waals surface area contributed by atoms with Gasteiger partial charge in [-0.05, 0) is 90.1 Å². The Balaban J connectivity index is 1.62. The Bertz CT molecular complexity index is 615. The third kappa shape index (κ3) is 2.85. The maximum absolute atomic E-state index is 3.69. The molecular formula is C18H20IN. The number of anilines is 1. The molecular weight excluding hydrogens is 357 g/mol. The zero-order chi connectivity index (χ0) is 14.1. The SMILES string of the molecule is Cc1cc(I)ccc1NC1CC(c2ccccc2C)C1.